The number of anilines is 1. The van der Waals surface area contributed by atoms with E-state index in [1.165, 1.54) is 34.6 Å². The highest BCUT2D eigenvalue weighted by atomic mass is 32.2. The minimum Gasteiger partial charge on any atom is -0.480 e. The quantitative estimate of drug-likeness (QED) is 0.0346. The number of nitrogens with zero attached hydrogens (tertiary/aromatic N) is 4. The Morgan fingerprint density at radius 1 is 0.773 bits per heavy atom. The van der Waals surface area contributed by atoms with Crippen LogP contribution in [0.3, 0.4) is 0 Å². The van der Waals surface area contributed by atoms with E-state index in [2.05, 4.69) is 10.6 Å². The van der Waals surface area contributed by atoms with Gasteiger partial charge in [0.25, 0.3) is 5.91 Å². The summed E-state index contributed by atoms with van der Waals surface area (Å²) in [6.07, 6.45) is 1.44. The maximum absolute atomic E-state index is 13.9. The number of nitrogens with two attached hydrogens (primary N) is 1. The van der Waals surface area contributed by atoms with E-state index in [0.29, 0.717) is 74.2 Å². The van der Waals surface area contributed by atoms with Crippen LogP contribution in [0.2, 0.25) is 0 Å². The van der Waals surface area contributed by atoms with Crippen molar-refractivity contribution in [2.24, 2.45) is 5.73 Å². The predicted molar refractivity (Wildman–Crippen MR) is 246 cm³/mol. The molecule has 9 N–H and O–H groups in total. The number of rotatable bonds is 20. The Hall–Kier alpha value is -5.75. The Kier molecular flexibility index (Phi) is 18.7. The first-order chi connectivity index (χ1) is 31.5. The fraction of sp³-hybridized carbons (Fsp3) is 0.455. The summed E-state index contributed by atoms with van der Waals surface area (Å²) in [5.74, 6) is -3.61. The lowest BCUT2D eigenvalue weighted by Crippen LogP contribution is -2.59. The number of sulfone groups is 1. The van der Waals surface area contributed by atoms with E-state index in [1.54, 1.807) is 39.0 Å². The Balaban J connectivity index is 1.07. The Labute approximate surface area is 388 Å². The SMILES string of the molecule is N[C@@H](CCCCNC(=S)Nc1ccc(CC2CN(CC(=O)O)CCN(CC(=O)O)CCN2CC(=O)O)cc1)C(=O)N1CCC(C(=O)NO)(S(=O)(=O)c2ccc(Oc3ccccc3)cc2)CC1. The third-order valence-corrected chi connectivity index (χ3v) is 14.5. The molecule has 3 aromatic carbocycles. The van der Waals surface area contributed by atoms with Gasteiger partial charge in [-0.1, -0.05) is 30.3 Å². The van der Waals surface area contributed by atoms with Gasteiger partial charge in [0.05, 0.1) is 30.6 Å². The number of nitrogens with one attached hydrogen (secondary N) is 3. The Morgan fingerprint density at radius 3 is 1.98 bits per heavy atom. The molecule has 2 atom stereocenters. The molecule has 2 aliphatic heterocycles. The molecule has 22 heteroatoms. The van der Waals surface area contributed by atoms with Crippen molar-refractivity contribution >= 4 is 62.6 Å². The summed E-state index contributed by atoms with van der Waals surface area (Å²) in [5, 5.41) is 44.8. The fourth-order valence-electron chi connectivity index (χ4n) is 8.18. The van der Waals surface area contributed by atoms with Crippen LogP contribution in [0.15, 0.2) is 83.8 Å². The molecule has 0 aliphatic carbocycles. The molecule has 0 bridgehead atoms. The van der Waals surface area contributed by atoms with Gasteiger partial charge in [0.1, 0.15) is 11.5 Å². The van der Waals surface area contributed by atoms with Gasteiger partial charge in [0.15, 0.2) is 19.7 Å². The molecule has 5 rings (SSSR count). The average molecular weight is 955 g/mol. The van der Waals surface area contributed by atoms with Crippen LogP contribution in [0, 0.1) is 0 Å². The molecule has 0 saturated carbocycles. The maximum Gasteiger partial charge on any atom is 0.317 e. The molecule has 2 amide bonds. The first-order valence-corrected chi connectivity index (χ1v) is 23.4. The number of carbonyl (C=O) groups is 5. The van der Waals surface area contributed by atoms with Gasteiger partial charge >= 0.3 is 17.9 Å². The highest BCUT2D eigenvalue weighted by Gasteiger charge is 2.53. The number of piperidine rings is 1. The van der Waals surface area contributed by atoms with Crippen molar-refractivity contribution in [1.82, 2.24) is 30.4 Å². The van der Waals surface area contributed by atoms with Gasteiger partial charge in [-0.15, -0.1) is 0 Å². The normalized spacial score (nSPS) is 17.8. The molecule has 0 aromatic heterocycles. The molecule has 66 heavy (non-hydrogen) atoms. The number of carboxylic acids is 3. The first-order valence-electron chi connectivity index (χ1n) is 21.5. The van der Waals surface area contributed by atoms with Crippen LogP contribution in [-0.4, -0.2) is 172 Å². The van der Waals surface area contributed by atoms with E-state index in [4.69, 9.17) is 22.7 Å². The van der Waals surface area contributed by atoms with Gasteiger partial charge in [0, 0.05) is 64.1 Å². The number of thiocarbonyl (C=S) groups is 1. The van der Waals surface area contributed by atoms with Gasteiger partial charge in [-0.3, -0.25) is 43.9 Å². The zero-order chi connectivity index (χ0) is 47.9. The molecular formula is C44H58N8O12S2. The number of benzene rings is 3. The zero-order valence-corrected chi connectivity index (χ0v) is 38.1. The van der Waals surface area contributed by atoms with Crippen molar-refractivity contribution in [3.8, 4) is 11.5 Å². The van der Waals surface area contributed by atoms with E-state index in [0.717, 1.165) is 5.56 Å². The van der Waals surface area contributed by atoms with Crippen LogP contribution in [0.25, 0.3) is 0 Å². The number of hydrogen-bond acceptors (Lipinski definition) is 14. The summed E-state index contributed by atoms with van der Waals surface area (Å²) in [4.78, 5) is 67.8. The first kappa shape index (κ1) is 51.2. The van der Waals surface area contributed by atoms with Gasteiger partial charge < -0.3 is 41.3 Å². The second-order valence-electron chi connectivity index (χ2n) is 16.4. The van der Waals surface area contributed by atoms with Crippen molar-refractivity contribution < 1.29 is 57.7 Å². The summed E-state index contributed by atoms with van der Waals surface area (Å²) < 4.78 is 31.6. The Bertz CT molecular complexity index is 2250. The van der Waals surface area contributed by atoms with Crippen molar-refractivity contribution in [2.75, 3.05) is 77.3 Å². The number of unbranched alkanes of at least 4 members (excludes halogenated alkanes) is 1. The summed E-state index contributed by atoms with van der Waals surface area (Å²) in [7, 11) is -4.33. The molecule has 0 radical (unpaired) electrons. The second-order valence-corrected chi connectivity index (χ2v) is 19.0. The van der Waals surface area contributed by atoms with E-state index in [-0.39, 0.29) is 75.5 Å². The summed E-state index contributed by atoms with van der Waals surface area (Å²) >= 11 is 5.48. The van der Waals surface area contributed by atoms with Crippen LogP contribution in [0.5, 0.6) is 11.5 Å². The highest BCUT2D eigenvalue weighted by Crippen LogP contribution is 2.37. The minimum absolute atomic E-state index is 0.0684. The van der Waals surface area contributed by atoms with Crippen molar-refractivity contribution in [3.63, 3.8) is 0 Å². The number of hydroxylamine groups is 1. The molecule has 2 saturated heterocycles. The fourth-order valence-corrected chi connectivity index (χ4v) is 10.4. The number of carboxylic acid groups (broad SMARTS) is 3. The molecular weight excluding hydrogens is 897 g/mol. The van der Waals surface area contributed by atoms with Crippen LogP contribution >= 0.6 is 12.2 Å². The van der Waals surface area contributed by atoms with Crippen molar-refractivity contribution in [1.29, 1.82) is 0 Å². The molecule has 2 fully saturated rings. The van der Waals surface area contributed by atoms with Crippen LogP contribution in [-0.2, 0) is 40.2 Å². The summed E-state index contributed by atoms with van der Waals surface area (Å²) in [6.45, 7) is 1.04. The molecule has 3 aromatic rings. The summed E-state index contributed by atoms with van der Waals surface area (Å²) in [5.41, 5.74) is 9.38. The zero-order valence-electron chi connectivity index (χ0n) is 36.4. The van der Waals surface area contributed by atoms with E-state index in [1.807, 2.05) is 30.3 Å². The molecule has 0 spiro atoms. The number of carbonyl (C=O) groups excluding carboxylic acids is 2. The van der Waals surface area contributed by atoms with Gasteiger partial charge in [0.2, 0.25) is 5.91 Å². The molecule has 20 nitrogen and oxygen atoms in total. The van der Waals surface area contributed by atoms with Gasteiger partial charge in [-0.25, -0.2) is 13.9 Å². The second kappa shape index (κ2) is 24.1. The van der Waals surface area contributed by atoms with Crippen molar-refractivity contribution in [3.05, 3.63) is 84.4 Å². The smallest absolute Gasteiger partial charge is 0.317 e. The van der Waals surface area contributed by atoms with Crippen molar-refractivity contribution in [2.45, 2.75) is 60.3 Å². The number of ether oxygens (including phenoxy) is 1. The number of para-hydroxylation sites is 1. The van der Waals surface area contributed by atoms with Crippen LogP contribution < -0.4 is 26.6 Å². The lowest BCUT2D eigenvalue weighted by molar-refractivity contribution is -0.140. The maximum atomic E-state index is 13.9. The molecule has 1 unspecified atom stereocenters. The largest absolute Gasteiger partial charge is 0.480 e. The Morgan fingerprint density at radius 2 is 1.36 bits per heavy atom. The third kappa shape index (κ3) is 14.4. The predicted octanol–water partition coefficient (Wildman–Crippen LogP) is 1.69. The average Bonchev–Trinajstić information content (AvgIpc) is 3.35. The number of amides is 2. The molecule has 2 heterocycles. The monoisotopic (exact) mass is 954 g/mol. The van der Waals surface area contributed by atoms with Gasteiger partial charge in [-0.2, -0.15) is 0 Å². The highest BCUT2D eigenvalue weighted by molar-refractivity contribution is 7.93. The van der Waals surface area contributed by atoms with E-state index >= 15 is 0 Å². The van der Waals surface area contributed by atoms with Crippen LogP contribution in [0.1, 0.15) is 37.7 Å². The standard InChI is InChI=1S/C44H58N8O12S2/c45-37(41(59)51-20-17-44(18-21-51,42(60)48-61)66(62,63)36-15-13-35(14-16-36)64-34-6-2-1-3-7-34)8-4-5-19-46-43(65)47-32-11-9-31(10-12-32)26-33-27-50(29-39(55)56)23-22-49(28-38(53)54)24-25-52(33)30-40(57)58/h1-3,6-7,9-16,33,37,61H,4-5,8,17-30,45H2,(H,48,60)(H,53,54)(H,55,56)(H,57,58)(H2,46,47,65)/t33?,37-/m0/s1. The molecule has 358 valence electrons. The number of aliphatic carboxylic acids is 3. The molecule has 2 aliphatic rings. The number of likely N-dealkylation sites (tertiary alicyclic amines) is 1. The lowest BCUT2D eigenvalue weighted by atomic mass is 9.94. The lowest BCUT2D eigenvalue weighted by Gasteiger charge is -2.40. The topological polar surface area (TPSA) is 285 Å². The summed E-state index contributed by atoms with van der Waals surface area (Å²) in [6, 6.07) is 20.7. The van der Waals surface area contributed by atoms with E-state index in [9.17, 15) is 52.9 Å². The minimum atomic E-state index is -4.33. The van der Waals surface area contributed by atoms with Crippen LogP contribution in [0.4, 0.5) is 5.69 Å². The van der Waals surface area contributed by atoms with Gasteiger partial charge in [-0.05, 0) is 105 Å². The van der Waals surface area contributed by atoms with E-state index < -0.39 is 44.4 Å². The number of hydrogen-bond donors (Lipinski definition) is 8. The third-order valence-electron chi connectivity index (χ3n) is 11.7.